The molecule has 0 aromatic rings. The molecule has 19 heavy (non-hydrogen) atoms. The Kier molecular flexibility index (Phi) is 4.81. The molecule has 0 radical (unpaired) electrons. The van der Waals surface area contributed by atoms with Crippen molar-refractivity contribution in [2.24, 2.45) is 5.92 Å². The Morgan fingerprint density at radius 1 is 0.579 bits per heavy atom. The molecule has 3 fully saturated rings. The van der Waals surface area contributed by atoms with Crippen LogP contribution in [0.4, 0.5) is 0 Å². The highest BCUT2D eigenvalue weighted by atomic mass is 15.2. The third-order valence-electron chi connectivity index (χ3n) is 6.29. The molecule has 0 unspecified atom stereocenters. The fourth-order valence-corrected chi connectivity index (χ4v) is 4.89. The zero-order valence-electron chi connectivity index (χ0n) is 12.9. The van der Waals surface area contributed by atoms with Crippen LogP contribution in [0.25, 0.3) is 0 Å². The van der Waals surface area contributed by atoms with Gasteiger partial charge in [-0.1, -0.05) is 6.92 Å². The first-order valence-corrected chi connectivity index (χ1v) is 9.02. The summed E-state index contributed by atoms with van der Waals surface area (Å²) in [6.45, 7) is 8.35. The molecule has 0 aromatic carbocycles. The van der Waals surface area contributed by atoms with Crippen molar-refractivity contribution in [1.82, 2.24) is 0 Å². The van der Waals surface area contributed by atoms with Crippen LogP contribution in [0.2, 0.25) is 0 Å². The van der Waals surface area contributed by atoms with Gasteiger partial charge in [0.2, 0.25) is 0 Å². The van der Waals surface area contributed by atoms with Gasteiger partial charge in [-0.3, -0.25) is 0 Å². The molecular formula is C17H34N2+2. The Morgan fingerprint density at radius 3 is 1.74 bits per heavy atom. The largest absolute Gasteiger partial charge is 0.332 e. The molecule has 2 aliphatic heterocycles. The number of hydrogen-bond acceptors (Lipinski definition) is 0. The topological polar surface area (TPSA) is 8.88 Å². The van der Waals surface area contributed by atoms with Crippen LogP contribution >= 0.6 is 0 Å². The van der Waals surface area contributed by atoms with Crippen molar-refractivity contribution in [3.05, 3.63) is 0 Å². The predicted octanol–water partition coefficient (Wildman–Crippen LogP) is 0.681. The van der Waals surface area contributed by atoms with Gasteiger partial charge in [-0.25, -0.2) is 0 Å². The average molecular weight is 266 g/mol. The van der Waals surface area contributed by atoms with Gasteiger partial charge in [-0.15, -0.1) is 0 Å². The Balaban J connectivity index is 1.44. The molecule has 110 valence electrons. The smallest absolute Gasteiger partial charge is 0.0983 e. The summed E-state index contributed by atoms with van der Waals surface area (Å²) in [7, 11) is 0. The van der Waals surface area contributed by atoms with Crippen molar-refractivity contribution in [2.45, 2.75) is 76.8 Å². The first-order valence-electron chi connectivity index (χ1n) is 9.02. The molecule has 2 nitrogen and oxygen atoms in total. The molecule has 0 spiro atoms. The molecule has 0 atom stereocenters. The summed E-state index contributed by atoms with van der Waals surface area (Å²) in [5.41, 5.74) is 0. The van der Waals surface area contributed by atoms with Gasteiger partial charge in [0.25, 0.3) is 0 Å². The van der Waals surface area contributed by atoms with Crippen LogP contribution in [0, 0.1) is 5.92 Å². The lowest BCUT2D eigenvalue weighted by atomic mass is 9.85. The highest BCUT2D eigenvalue weighted by Gasteiger charge is 2.34. The van der Waals surface area contributed by atoms with Gasteiger partial charge < -0.3 is 9.80 Å². The third-order valence-corrected chi connectivity index (χ3v) is 6.29. The molecule has 0 amide bonds. The molecular weight excluding hydrogens is 232 g/mol. The first-order chi connectivity index (χ1) is 9.33. The Hall–Kier alpha value is -0.0800. The minimum Gasteiger partial charge on any atom is -0.332 e. The maximum absolute atomic E-state index is 2.44. The predicted molar refractivity (Wildman–Crippen MR) is 79.7 cm³/mol. The van der Waals surface area contributed by atoms with Gasteiger partial charge in [-0.05, 0) is 50.9 Å². The van der Waals surface area contributed by atoms with E-state index in [4.69, 9.17) is 0 Å². The Bertz CT molecular complexity index is 256. The summed E-state index contributed by atoms with van der Waals surface area (Å²) in [6.07, 6.45) is 13.5. The third kappa shape index (κ3) is 3.52. The zero-order valence-corrected chi connectivity index (χ0v) is 12.9. The van der Waals surface area contributed by atoms with E-state index in [1.165, 1.54) is 84.0 Å². The number of piperidine rings is 2. The fraction of sp³-hybridized carbons (Fsp3) is 1.00. The van der Waals surface area contributed by atoms with E-state index in [1.54, 1.807) is 0 Å². The van der Waals surface area contributed by atoms with Crippen LogP contribution in [0.1, 0.15) is 64.7 Å². The van der Waals surface area contributed by atoms with E-state index >= 15 is 0 Å². The van der Waals surface area contributed by atoms with Crippen molar-refractivity contribution >= 4 is 0 Å². The van der Waals surface area contributed by atoms with E-state index in [0.717, 1.165) is 18.0 Å². The summed E-state index contributed by atoms with van der Waals surface area (Å²) in [5, 5.41) is 0. The number of quaternary nitrogens is 2. The van der Waals surface area contributed by atoms with Gasteiger partial charge in [0.05, 0.1) is 38.3 Å². The van der Waals surface area contributed by atoms with Gasteiger partial charge in [0.15, 0.2) is 0 Å². The van der Waals surface area contributed by atoms with E-state index < -0.39 is 0 Å². The van der Waals surface area contributed by atoms with Crippen LogP contribution in [0.5, 0.6) is 0 Å². The van der Waals surface area contributed by atoms with Crippen LogP contribution in [-0.4, -0.2) is 38.3 Å². The molecule has 2 N–H and O–H groups in total. The van der Waals surface area contributed by atoms with Crippen molar-refractivity contribution in [3.8, 4) is 0 Å². The summed E-state index contributed by atoms with van der Waals surface area (Å²) >= 11 is 0. The summed E-state index contributed by atoms with van der Waals surface area (Å²) in [5.74, 6) is 1.01. The fourth-order valence-electron chi connectivity index (χ4n) is 4.89. The van der Waals surface area contributed by atoms with Gasteiger partial charge >= 0.3 is 0 Å². The van der Waals surface area contributed by atoms with Gasteiger partial charge in [0, 0.05) is 12.8 Å². The standard InChI is InChI=1S/C17H32N2/c1-15-5-7-16(8-6-15)19-13-9-17(10-14-19)18-11-3-2-4-12-18/h15-17H,2-14H2,1H3/p+2. The minimum atomic E-state index is 1.01. The normalized spacial score (nSPS) is 42.2. The quantitative estimate of drug-likeness (QED) is 0.727. The van der Waals surface area contributed by atoms with E-state index in [0.29, 0.717) is 0 Å². The summed E-state index contributed by atoms with van der Waals surface area (Å²) in [4.78, 5) is 3.93. The minimum absolute atomic E-state index is 1.01. The lowest BCUT2D eigenvalue weighted by Crippen LogP contribution is -3.22. The molecule has 2 saturated heterocycles. The molecule has 2 heteroatoms. The van der Waals surface area contributed by atoms with Crippen LogP contribution in [0.3, 0.4) is 0 Å². The molecule has 3 aliphatic rings. The second-order valence-corrected chi connectivity index (χ2v) is 7.61. The molecule has 1 saturated carbocycles. The van der Waals surface area contributed by atoms with Crippen LogP contribution < -0.4 is 9.80 Å². The highest BCUT2D eigenvalue weighted by Crippen LogP contribution is 2.22. The second kappa shape index (κ2) is 6.58. The van der Waals surface area contributed by atoms with Crippen LogP contribution in [0.15, 0.2) is 0 Å². The maximum atomic E-state index is 2.44. The molecule has 2 heterocycles. The SMILES string of the molecule is CC1CCC([NH+]2CCC([NH+]3CCCCC3)CC2)CC1. The van der Waals surface area contributed by atoms with Crippen LogP contribution in [-0.2, 0) is 0 Å². The first kappa shape index (κ1) is 13.9. The van der Waals surface area contributed by atoms with E-state index in [1.807, 2.05) is 9.80 Å². The maximum Gasteiger partial charge on any atom is 0.0983 e. The average Bonchev–Trinajstić information content (AvgIpc) is 2.49. The molecule has 0 aromatic heterocycles. The summed E-state index contributed by atoms with van der Waals surface area (Å²) in [6, 6.07) is 2.04. The number of hydrogen-bond donors (Lipinski definition) is 2. The highest BCUT2D eigenvalue weighted by molar-refractivity contribution is 4.71. The second-order valence-electron chi connectivity index (χ2n) is 7.61. The molecule has 1 aliphatic carbocycles. The van der Waals surface area contributed by atoms with Crippen molar-refractivity contribution < 1.29 is 9.80 Å². The Labute approximate surface area is 119 Å². The monoisotopic (exact) mass is 266 g/mol. The summed E-state index contributed by atoms with van der Waals surface area (Å²) < 4.78 is 0. The lowest BCUT2D eigenvalue weighted by Gasteiger charge is -2.40. The molecule has 3 rings (SSSR count). The van der Waals surface area contributed by atoms with Crippen molar-refractivity contribution in [1.29, 1.82) is 0 Å². The number of rotatable bonds is 2. The van der Waals surface area contributed by atoms with Gasteiger partial charge in [0.1, 0.15) is 0 Å². The van der Waals surface area contributed by atoms with Crippen molar-refractivity contribution in [3.63, 3.8) is 0 Å². The zero-order chi connectivity index (χ0) is 13.1. The molecule has 0 bridgehead atoms. The van der Waals surface area contributed by atoms with E-state index in [2.05, 4.69) is 6.92 Å². The van der Waals surface area contributed by atoms with E-state index in [9.17, 15) is 0 Å². The van der Waals surface area contributed by atoms with Crippen molar-refractivity contribution in [2.75, 3.05) is 26.2 Å². The number of nitrogens with one attached hydrogen (secondary N) is 2. The lowest BCUT2D eigenvalue weighted by molar-refractivity contribution is -0.971. The Morgan fingerprint density at radius 2 is 1.11 bits per heavy atom. The number of likely N-dealkylation sites (tertiary alicyclic amines) is 2. The van der Waals surface area contributed by atoms with Gasteiger partial charge in [-0.2, -0.15) is 0 Å². The van der Waals surface area contributed by atoms with E-state index in [-0.39, 0.29) is 0 Å².